The highest BCUT2D eigenvalue weighted by Crippen LogP contribution is 2.30. The van der Waals surface area contributed by atoms with E-state index >= 15 is 0 Å². The van der Waals surface area contributed by atoms with E-state index in [0.717, 1.165) is 16.9 Å². The molecule has 186 valence electrons. The van der Waals surface area contributed by atoms with Gasteiger partial charge in [0.15, 0.2) is 0 Å². The smallest absolute Gasteiger partial charge is 0.257 e. The van der Waals surface area contributed by atoms with Gasteiger partial charge >= 0.3 is 0 Å². The molecule has 0 aliphatic rings. The van der Waals surface area contributed by atoms with Crippen LogP contribution in [-0.2, 0) is 11.3 Å². The van der Waals surface area contributed by atoms with Crippen molar-refractivity contribution in [3.63, 3.8) is 0 Å². The Morgan fingerprint density at radius 2 is 1.78 bits per heavy atom. The van der Waals surface area contributed by atoms with Gasteiger partial charge in [0.25, 0.3) is 5.91 Å². The lowest BCUT2D eigenvalue weighted by Gasteiger charge is -2.21. The molecule has 8 heteroatoms. The lowest BCUT2D eigenvalue weighted by atomic mass is 10.1. The molecule has 1 heterocycles. The van der Waals surface area contributed by atoms with E-state index < -0.39 is 0 Å². The second kappa shape index (κ2) is 11.9. The zero-order valence-corrected chi connectivity index (χ0v) is 20.9. The van der Waals surface area contributed by atoms with E-state index in [1.54, 1.807) is 60.0 Å². The summed E-state index contributed by atoms with van der Waals surface area (Å²) in [5, 5.41) is 9.41. The van der Waals surface area contributed by atoms with Crippen molar-refractivity contribution in [1.29, 1.82) is 0 Å². The highest BCUT2D eigenvalue weighted by Gasteiger charge is 2.19. The van der Waals surface area contributed by atoms with Crippen molar-refractivity contribution in [2.24, 2.45) is 5.10 Å². The summed E-state index contributed by atoms with van der Waals surface area (Å²) in [6, 6.07) is 23.0. The Morgan fingerprint density at radius 1 is 1.05 bits per heavy atom. The minimum atomic E-state index is -0.390. The molecule has 0 atom stereocenters. The molecule has 1 N–H and O–H groups in total. The van der Waals surface area contributed by atoms with E-state index in [1.165, 1.54) is 11.0 Å². The quantitative estimate of drug-likeness (QED) is 0.148. The Kier molecular flexibility index (Phi) is 8.18. The third-order valence-corrected chi connectivity index (χ3v) is 5.75. The van der Waals surface area contributed by atoms with Crippen LogP contribution in [0.3, 0.4) is 0 Å². The van der Waals surface area contributed by atoms with E-state index in [1.807, 2.05) is 43.4 Å². The molecule has 0 aliphatic carbocycles. The van der Waals surface area contributed by atoms with Crippen molar-refractivity contribution in [2.45, 2.75) is 6.54 Å². The molecule has 0 saturated carbocycles. The van der Waals surface area contributed by atoms with Crippen LogP contribution in [0.25, 0.3) is 6.08 Å². The summed E-state index contributed by atoms with van der Waals surface area (Å²) in [6.45, 7) is 4.27. The van der Waals surface area contributed by atoms with Crippen LogP contribution in [0.4, 0.5) is 17.1 Å². The van der Waals surface area contributed by atoms with Gasteiger partial charge in [0.1, 0.15) is 5.76 Å². The number of halogens is 1. The van der Waals surface area contributed by atoms with Gasteiger partial charge in [-0.2, -0.15) is 5.10 Å². The van der Waals surface area contributed by atoms with Gasteiger partial charge in [0.2, 0.25) is 6.41 Å². The second-order valence-electron chi connectivity index (χ2n) is 8.15. The van der Waals surface area contributed by atoms with E-state index in [9.17, 15) is 9.59 Å². The van der Waals surface area contributed by atoms with Crippen molar-refractivity contribution < 1.29 is 14.0 Å². The number of anilines is 3. The van der Waals surface area contributed by atoms with Crippen LogP contribution in [0, 0.1) is 0 Å². The van der Waals surface area contributed by atoms with Gasteiger partial charge < -0.3 is 9.73 Å². The summed E-state index contributed by atoms with van der Waals surface area (Å²) < 4.78 is 5.33. The summed E-state index contributed by atoms with van der Waals surface area (Å²) in [7, 11) is 1.85. The predicted molar refractivity (Wildman–Crippen MR) is 148 cm³/mol. The van der Waals surface area contributed by atoms with Gasteiger partial charge in [-0.05, 0) is 65.7 Å². The molecule has 7 nitrogen and oxygen atoms in total. The van der Waals surface area contributed by atoms with Crippen molar-refractivity contribution in [3.05, 3.63) is 119 Å². The lowest BCUT2D eigenvalue weighted by molar-refractivity contribution is -0.106. The number of rotatable bonds is 10. The number of furan rings is 1. The van der Waals surface area contributed by atoms with E-state index in [0.29, 0.717) is 35.0 Å². The first-order chi connectivity index (χ1) is 18.0. The number of amides is 2. The molecule has 3 aromatic carbocycles. The topological polar surface area (TPSA) is 78.2 Å². The van der Waals surface area contributed by atoms with Gasteiger partial charge in [-0.3, -0.25) is 19.5 Å². The predicted octanol–water partition coefficient (Wildman–Crippen LogP) is 6.59. The number of benzene rings is 3. The molecule has 0 radical (unpaired) electrons. The normalized spacial score (nSPS) is 10.8. The van der Waals surface area contributed by atoms with Gasteiger partial charge in [-0.15, -0.1) is 0 Å². The van der Waals surface area contributed by atoms with Crippen molar-refractivity contribution in [3.8, 4) is 0 Å². The summed E-state index contributed by atoms with van der Waals surface area (Å²) in [5.41, 5.74) is 3.64. The van der Waals surface area contributed by atoms with Gasteiger partial charge in [-0.1, -0.05) is 48.5 Å². The van der Waals surface area contributed by atoms with Crippen molar-refractivity contribution in [2.75, 3.05) is 17.3 Å². The second-order valence-corrected chi connectivity index (χ2v) is 8.58. The maximum absolute atomic E-state index is 13.1. The largest absolute Gasteiger partial charge is 0.467 e. The van der Waals surface area contributed by atoms with E-state index in [4.69, 9.17) is 16.0 Å². The number of carbonyl (C=O) groups excluding carboxylic acids is 2. The van der Waals surface area contributed by atoms with Crippen LogP contribution in [0.2, 0.25) is 5.02 Å². The summed E-state index contributed by atoms with van der Waals surface area (Å²) in [6.07, 6.45) is 5.73. The molecule has 1 aromatic heterocycles. The first-order valence-electron chi connectivity index (χ1n) is 11.4. The minimum Gasteiger partial charge on any atom is -0.467 e. The molecule has 2 amide bonds. The van der Waals surface area contributed by atoms with Crippen LogP contribution in [-0.4, -0.2) is 30.6 Å². The maximum Gasteiger partial charge on any atom is 0.257 e. The first kappa shape index (κ1) is 25.5. The zero-order valence-electron chi connectivity index (χ0n) is 20.2. The molecule has 37 heavy (non-hydrogen) atoms. The molecule has 0 spiro atoms. The van der Waals surface area contributed by atoms with Crippen LogP contribution in [0.5, 0.6) is 0 Å². The molecule has 0 fully saturated rings. The maximum atomic E-state index is 13.1. The van der Waals surface area contributed by atoms with Crippen molar-refractivity contribution in [1.82, 2.24) is 5.01 Å². The first-order valence-corrected chi connectivity index (χ1v) is 11.8. The third-order valence-electron chi connectivity index (χ3n) is 5.51. The fraction of sp³-hybridized carbons (Fsp3) is 0.0690. The highest BCUT2D eigenvalue weighted by atomic mass is 35.5. The molecule has 0 saturated heterocycles. The molecule has 0 bridgehead atoms. The van der Waals surface area contributed by atoms with Crippen LogP contribution in [0.1, 0.15) is 27.2 Å². The Balaban J connectivity index is 1.52. The monoisotopic (exact) mass is 512 g/mol. The highest BCUT2D eigenvalue weighted by molar-refractivity contribution is 6.31. The standard InChI is InChI=1S/C29H25ClN4O3/c1-3-21-6-11-24(12-7-21)32-29(36)27-17-23(30)10-15-28(27)34(20-35)25-13-8-22(9-14-25)18-31-33(2)19-26-5-4-16-37-26/h3-18,20H,1,19H2,2H3,(H,32,36). The molecule has 0 aliphatic heterocycles. The number of nitrogens with one attached hydrogen (secondary N) is 1. The number of hydrogen-bond donors (Lipinski definition) is 1. The van der Waals surface area contributed by atoms with Crippen LogP contribution < -0.4 is 10.2 Å². The lowest BCUT2D eigenvalue weighted by Crippen LogP contribution is -2.20. The van der Waals surface area contributed by atoms with Crippen LogP contribution in [0.15, 0.2) is 101 Å². The van der Waals surface area contributed by atoms with Gasteiger partial charge in [0, 0.05) is 23.4 Å². The average Bonchev–Trinajstić information content (AvgIpc) is 3.42. The average molecular weight is 513 g/mol. The summed E-state index contributed by atoms with van der Waals surface area (Å²) in [5.74, 6) is 0.423. The summed E-state index contributed by atoms with van der Waals surface area (Å²) in [4.78, 5) is 26.7. The third kappa shape index (κ3) is 6.54. The van der Waals surface area contributed by atoms with E-state index in [-0.39, 0.29) is 11.5 Å². The number of hydrogen-bond acceptors (Lipinski definition) is 5. The molecular formula is C29H25ClN4O3. The molecular weight excluding hydrogens is 488 g/mol. The van der Waals surface area contributed by atoms with Gasteiger partial charge in [0.05, 0.1) is 30.3 Å². The molecule has 4 aromatic rings. The Bertz CT molecular complexity index is 1400. The Hall–Kier alpha value is -4.62. The SMILES string of the molecule is C=Cc1ccc(NC(=O)c2cc(Cl)ccc2N(C=O)c2ccc(C=NN(C)Cc3ccco3)cc2)cc1. The summed E-state index contributed by atoms with van der Waals surface area (Å²) >= 11 is 6.20. The number of hydrazone groups is 1. The van der Waals surface area contributed by atoms with E-state index in [2.05, 4.69) is 17.0 Å². The Labute approximate surface area is 220 Å². The fourth-order valence-corrected chi connectivity index (χ4v) is 3.79. The minimum absolute atomic E-state index is 0.262. The molecule has 0 unspecified atom stereocenters. The zero-order chi connectivity index (χ0) is 26.2. The van der Waals surface area contributed by atoms with Gasteiger partial charge in [-0.25, -0.2) is 0 Å². The Morgan fingerprint density at radius 3 is 2.43 bits per heavy atom. The fourth-order valence-electron chi connectivity index (χ4n) is 3.61. The van der Waals surface area contributed by atoms with Crippen LogP contribution >= 0.6 is 11.6 Å². The number of carbonyl (C=O) groups is 2. The molecule has 4 rings (SSSR count). The van der Waals surface area contributed by atoms with Crippen molar-refractivity contribution >= 4 is 53.3 Å². The number of nitrogens with zero attached hydrogens (tertiary/aromatic N) is 3.